The number of hydrogen-bond donors (Lipinski definition) is 2. The van der Waals surface area contributed by atoms with Crippen LogP contribution < -0.4 is 10.6 Å². The maximum Gasteiger partial charge on any atom is 0.166 e. The molecule has 1 aromatic heterocycles. The molecule has 1 saturated carbocycles. The van der Waals surface area contributed by atoms with E-state index in [0.717, 1.165) is 35.3 Å². The molecule has 1 heterocycles. The van der Waals surface area contributed by atoms with Gasteiger partial charge in [-0.3, -0.25) is 4.68 Å². The van der Waals surface area contributed by atoms with Crippen molar-refractivity contribution in [3.05, 3.63) is 16.9 Å². The van der Waals surface area contributed by atoms with Gasteiger partial charge in [-0.25, -0.2) is 0 Å². The van der Waals surface area contributed by atoms with Crippen molar-refractivity contribution in [2.24, 2.45) is 0 Å². The Kier molecular flexibility index (Phi) is 5.45. The molecular formula is C13H21ClN4S. The molecule has 0 saturated heterocycles. The molecule has 0 aliphatic heterocycles. The second-order valence-corrected chi connectivity index (χ2v) is 5.88. The maximum atomic E-state index is 5.96. The molecule has 6 heteroatoms. The zero-order valence-electron chi connectivity index (χ0n) is 11.3. The summed E-state index contributed by atoms with van der Waals surface area (Å²) in [5.74, 6) is 0. The molecule has 0 spiro atoms. The van der Waals surface area contributed by atoms with Crippen molar-refractivity contribution < 1.29 is 0 Å². The second kappa shape index (κ2) is 7.10. The molecule has 4 nitrogen and oxygen atoms in total. The quantitative estimate of drug-likeness (QED) is 0.648. The van der Waals surface area contributed by atoms with E-state index in [9.17, 15) is 0 Å². The summed E-state index contributed by atoms with van der Waals surface area (Å²) in [7, 11) is 0. The van der Waals surface area contributed by atoms with Crippen molar-refractivity contribution >= 4 is 28.9 Å². The number of hydrogen-bond acceptors (Lipinski definition) is 2. The summed E-state index contributed by atoms with van der Waals surface area (Å²) >= 11 is 11.2. The minimum absolute atomic E-state index is 0.576. The smallest absolute Gasteiger partial charge is 0.166 e. The lowest BCUT2D eigenvalue weighted by Crippen LogP contribution is -2.41. The number of rotatable bonds is 5. The average molecular weight is 301 g/mol. The van der Waals surface area contributed by atoms with Crippen molar-refractivity contribution in [2.75, 3.05) is 6.54 Å². The van der Waals surface area contributed by atoms with Crippen LogP contribution in [0.25, 0.3) is 0 Å². The summed E-state index contributed by atoms with van der Waals surface area (Å²) in [5, 5.41) is 12.4. The Morgan fingerprint density at radius 1 is 1.53 bits per heavy atom. The molecule has 1 aromatic rings. The number of aryl methyl sites for hydroxylation is 2. The highest BCUT2D eigenvalue weighted by Crippen LogP contribution is 2.17. The lowest BCUT2D eigenvalue weighted by atomic mass is 10.3. The molecule has 0 unspecified atom stereocenters. The molecular weight excluding hydrogens is 280 g/mol. The first kappa shape index (κ1) is 14.6. The van der Waals surface area contributed by atoms with Crippen molar-refractivity contribution in [1.82, 2.24) is 20.4 Å². The third-order valence-corrected chi connectivity index (χ3v) is 4.06. The third-order valence-electron chi connectivity index (χ3n) is 3.43. The first-order chi connectivity index (χ1) is 9.15. The largest absolute Gasteiger partial charge is 0.363 e. The highest BCUT2D eigenvalue weighted by molar-refractivity contribution is 7.80. The lowest BCUT2D eigenvalue weighted by molar-refractivity contribution is 0.563. The van der Waals surface area contributed by atoms with Crippen molar-refractivity contribution in [2.45, 2.75) is 51.6 Å². The lowest BCUT2D eigenvalue weighted by Gasteiger charge is -2.15. The number of nitrogens with zero attached hydrogens (tertiary/aromatic N) is 2. The van der Waals surface area contributed by atoms with Gasteiger partial charge in [0.2, 0.25) is 0 Å². The van der Waals surface area contributed by atoms with Crippen LogP contribution in [0.3, 0.4) is 0 Å². The van der Waals surface area contributed by atoms with Crippen molar-refractivity contribution in [3.8, 4) is 0 Å². The minimum Gasteiger partial charge on any atom is -0.363 e. The predicted molar refractivity (Wildman–Crippen MR) is 82.6 cm³/mol. The highest BCUT2D eigenvalue weighted by atomic mass is 35.5. The van der Waals surface area contributed by atoms with Crippen LogP contribution in [-0.4, -0.2) is 27.5 Å². The summed E-state index contributed by atoms with van der Waals surface area (Å²) in [6.45, 7) is 3.62. The summed E-state index contributed by atoms with van der Waals surface area (Å²) < 4.78 is 1.88. The van der Waals surface area contributed by atoms with Crippen molar-refractivity contribution in [1.29, 1.82) is 0 Å². The molecule has 0 bridgehead atoms. The molecule has 1 fully saturated rings. The molecule has 2 N–H and O–H groups in total. The molecule has 2 rings (SSSR count). The average Bonchev–Trinajstić information content (AvgIpc) is 2.96. The van der Waals surface area contributed by atoms with E-state index < -0.39 is 0 Å². The van der Waals surface area contributed by atoms with Gasteiger partial charge >= 0.3 is 0 Å². The highest BCUT2D eigenvalue weighted by Gasteiger charge is 2.14. The van der Waals surface area contributed by atoms with Crippen LogP contribution in [0.15, 0.2) is 6.20 Å². The SMILES string of the molecule is Cc1nn(CCCNC(=S)NC2CCCC2)cc1Cl. The fourth-order valence-electron chi connectivity index (χ4n) is 2.36. The number of aromatic nitrogens is 2. The summed E-state index contributed by atoms with van der Waals surface area (Å²) in [4.78, 5) is 0. The van der Waals surface area contributed by atoms with Gasteiger partial charge in [0.15, 0.2) is 5.11 Å². The molecule has 0 aromatic carbocycles. The molecule has 0 radical (unpaired) electrons. The van der Waals surface area contributed by atoms with E-state index in [1.807, 2.05) is 17.8 Å². The van der Waals surface area contributed by atoms with Gasteiger partial charge < -0.3 is 10.6 Å². The van der Waals surface area contributed by atoms with Gasteiger partial charge in [0.1, 0.15) is 0 Å². The van der Waals surface area contributed by atoms with Crippen LogP contribution in [0.4, 0.5) is 0 Å². The van der Waals surface area contributed by atoms with Crippen LogP contribution in [0, 0.1) is 6.92 Å². The molecule has 0 amide bonds. The molecule has 19 heavy (non-hydrogen) atoms. The molecule has 1 aliphatic rings. The Labute approximate surface area is 124 Å². The van der Waals surface area contributed by atoms with Gasteiger partial charge in [0.05, 0.1) is 10.7 Å². The second-order valence-electron chi connectivity index (χ2n) is 5.06. The Morgan fingerprint density at radius 2 is 2.26 bits per heavy atom. The fraction of sp³-hybridized carbons (Fsp3) is 0.692. The van der Waals surface area contributed by atoms with Gasteiger partial charge in [-0.15, -0.1) is 0 Å². The fourth-order valence-corrected chi connectivity index (χ4v) is 2.78. The first-order valence-electron chi connectivity index (χ1n) is 6.89. The van der Waals surface area contributed by atoms with Gasteiger partial charge in [-0.05, 0) is 38.4 Å². The Bertz CT molecular complexity index is 407. The van der Waals surface area contributed by atoms with Crippen LogP contribution in [0.1, 0.15) is 37.8 Å². The number of nitrogens with one attached hydrogen (secondary N) is 2. The van der Waals surface area contributed by atoms with Crippen LogP contribution in [-0.2, 0) is 6.54 Å². The van der Waals surface area contributed by atoms with Gasteiger partial charge in [0.25, 0.3) is 0 Å². The predicted octanol–water partition coefficient (Wildman–Crippen LogP) is 2.64. The number of halogens is 1. The van der Waals surface area contributed by atoms with E-state index in [1.54, 1.807) is 0 Å². The summed E-state index contributed by atoms with van der Waals surface area (Å²) in [6, 6.07) is 0.576. The molecule has 106 valence electrons. The van der Waals surface area contributed by atoms with E-state index in [2.05, 4.69) is 15.7 Å². The van der Waals surface area contributed by atoms with E-state index in [4.69, 9.17) is 23.8 Å². The van der Waals surface area contributed by atoms with E-state index in [1.165, 1.54) is 25.7 Å². The molecule has 1 aliphatic carbocycles. The van der Waals surface area contributed by atoms with E-state index >= 15 is 0 Å². The van der Waals surface area contributed by atoms with Crippen molar-refractivity contribution in [3.63, 3.8) is 0 Å². The monoisotopic (exact) mass is 300 g/mol. The molecule has 0 atom stereocenters. The van der Waals surface area contributed by atoms with Gasteiger partial charge in [0, 0.05) is 25.3 Å². The maximum absolute atomic E-state index is 5.96. The Morgan fingerprint density at radius 3 is 2.89 bits per heavy atom. The normalized spacial score (nSPS) is 15.7. The zero-order chi connectivity index (χ0) is 13.7. The van der Waals surface area contributed by atoms with Gasteiger partial charge in [-0.1, -0.05) is 24.4 Å². The summed E-state index contributed by atoms with van der Waals surface area (Å²) in [5.41, 5.74) is 0.882. The third kappa shape index (κ3) is 4.66. The van der Waals surface area contributed by atoms with Crippen LogP contribution >= 0.6 is 23.8 Å². The first-order valence-corrected chi connectivity index (χ1v) is 7.67. The van der Waals surface area contributed by atoms with Crippen LogP contribution in [0.2, 0.25) is 5.02 Å². The summed E-state index contributed by atoms with van der Waals surface area (Å²) in [6.07, 6.45) is 7.97. The van der Waals surface area contributed by atoms with E-state index in [0.29, 0.717) is 6.04 Å². The topological polar surface area (TPSA) is 41.9 Å². The zero-order valence-corrected chi connectivity index (χ0v) is 12.9. The van der Waals surface area contributed by atoms with Crippen LogP contribution in [0.5, 0.6) is 0 Å². The Balaban J connectivity index is 1.59. The van der Waals surface area contributed by atoms with E-state index in [-0.39, 0.29) is 0 Å². The minimum atomic E-state index is 0.576. The number of thiocarbonyl (C=S) groups is 1. The van der Waals surface area contributed by atoms with Gasteiger partial charge in [-0.2, -0.15) is 5.10 Å². The Hall–Kier alpha value is -0.810. The standard InChI is InChI=1S/C13H21ClN4S/c1-10-12(14)9-18(17-10)8-4-7-15-13(19)16-11-5-2-3-6-11/h9,11H,2-8H2,1H3,(H2,15,16,19).